The molecule has 2 aromatic heterocycles. The van der Waals surface area contributed by atoms with Gasteiger partial charge in [-0.1, -0.05) is 18.2 Å². The molecule has 180 valence electrons. The summed E-state index contributed by atoms with van der Waals surface area (Å²) in [6.07, 6.45) is -1.55. The molecule has 0 aliphatic carbocycles. The summed E-state index contributed by atoms with van der Waals surface area (Å²) in [5, 5.41) is 10.5. The van der Waals surface area contributed by atoms with E-state index < -0.39 is 22.8 Å². The number of aromatic nitrogens is 3. The summed E-state index contributed by atoms with van der Waals surface area (Å²) in [4.78, 5) is 26.1. The van der Waals surface area contributed by atoms with Crippen LogP contribution in [0, 0.1) is 18.3 Å². The van der Waals surface area contributed by atoms with Gasteiger partial charge >= 0.3 is 6.18 Å². The third kappa shape index (κ3) is 4.28. The number of pyridine rings is 1. The fourth-order valence-corrected chi connectivity index (χ4v) is 4.78. The van der Waals surface area contributed by atoms with Gasteiger partial charge < -0.3 is 10.6 Å². The molecular weight excluding hydrogens is 481 g/mol. The topological polar surface area (TPSA) is 109 Å². The van der Waals surface area contributed by atoms with Crippen LogP contribution in [0.3, 0.4) is 0 Å². The van der Waals surface area contributed by atoms with E-state index in [4.69, 9.17) is 17.3 Å². The van der Waals surface area contributed by atoms with Gasteiger partial charge in [-0.3, -0.25) is 4.79 Å². The first-order valence-electron chi connectivity index (χ1n) is 10.6. The maximum Gasteiger partial charge on any atom is 0.418 e. The van der Waals surface area contributed by atoms with Crippen molar-refractivity contribution in [2.24, 2.45) is 0 Å². The molecule has 3 heterocycles. The lowest BCUT2D eigenvalue weighted by Gasteiger charge is -2.36. The summed E-state index contributed by atoms with van der Waals surface area (Å²) in [6.45, 7) is 5.46. The minimum Gasteiger partial charge on any atom is -0.384 e. The molecular formula is C24H20ClF3N6O. The average Bonchev–Trinajstić information content (AvgIpc) is 2.81. The van der Waals surface area contributed by atoms with Gasteiger partial charge in [-0.25, -0.2) is 15.0 Å². The van der Waals surface area contributed by atoms with Crippen LogP contribution >= 0.6 is 11.6 Å². The van der Waals surface area contributed by atoms with Crippen LogP contribution in [0.2, 0.25) is 5.02 Å². The second-order valence-electron chi connectivity index (χ2n) is 8.38. The third-order valence-electron chi connectivity index (χ3n) is 6.27. The zero-order valence-corrected chi connectivity index (χ0v) is 19.4. The molecule has 0 radical (unpaired) electrons. The lowest BCUT2D eigenvalue weighted by molar-refractivity contribution is -0.137. The van der Waals surface area contributed by atoms with Gasteiger partial charge in [-0.2, -0.15) is 18.4 Å². The molecule has 0 unspecified atom stereocenters. The van der Waals surface area contributed by atoms with E-state index in [0.717, 1.165) is 6.07 Å². The third-order valence-corrected chi connectivity index (χ3v) is 6.58. The molecule has 1 amide bonds. The first-order valence-corrected chi connectivity index (χ1v) is 11.0. The smallest absolute Gasteiger partial charge is 0.384 e. The van der Waals surface area contributed by atoms with Crippen LogP contribution in [-0.2, 0) is 16.4 Å². The molecule has 2 N–H and O–H groups in total. The number of alkyl halides is 3. The van der Waals surface area contributed by atoms with E-state index in [1.54, 1.807) is 4.90 Å². The molecule has 0 spiro atoms. The van der Waals surface area contributed by atoms with Gasteiger partial charge in [-0.05, 0) is 49.6 Å². The fraction of sp³-hybridized carbons (Fsp3) is 0.292. The van der Waals surface area contributed by atoms with Gasteiger partial charge in [0.05, 0.1) is 33.6 Å². The Morgan fingerprint density at radius 2 is 1.97 bits per heavy atom. The normalized spacial score (nSPS) is 15.6. The van der Waals surface area contributed by atoms with Crippen LogP contribution in [0.4, 0.5) is 19.0 Å². The van der Waals surface area contributed by atoms with Crippen molar-refractivity contribution in [3.05, 3.63) is 59.0 Å². The number of likely N-dealkylation sites (tertiary alicyclic amines) is 1. The van der Waals surface area contributed by atoms with Gasteiger partial charge in [0.1, 0.15) is 17.6 Å². The Hall–Kier alpha value is -3.71. The number of hydrogen-bond acceptors (Lipinski definition) is 6. The summed E-state index contributed by atoms with van der Waals surface area (Å²) in [5.74, 6) is -0.295. The van der Waals surface area contributed by atoms with E-state index in [0.29, 0.717) is 42.5 Å². The van der Waals surface area contributed by atoms with Crippen molar-refractivity contribution in [3.63, 3.8) is 0 Å². The van der Waals surface area contributed by atoms with Crippen molar-refractivity contribution in [2.45, 2.75) is 31.4 Å². The van der Waals surface area contributed by atoms with Gasteiger partial charge in [0.2, 0.25) is 5.91 Å². The SMILES string of the molecule is C=CC(=O)N1CCC(C#N)(c2ncnc3cc(-c4nc(N)cc(C)c4C(F)(F)F)c(Cl)cc23)CC1. The lowest BCUT2D eigenvalue weighted by Crippen LogP contribution is -2.44. The van der Waals surface area contributed by atoms with Crippen molar-refractivity contribution < 1.29 is 18.0 Å². The summed E-state index contributed by atoms with van der Waals surface area (Å²) >= 11 is 6.50. The second kappa shape index (κ2) is 8.82. The highest BCUT2D eigenvalue weighted by atomic mass is 35.5. The molecule has 1 aliphatic heterocycles. The molecule has 11 heteroatoms. The number of rotatable bonds is 3. The van der Waals surface area contributed by atoms with E-state index in [-0.39, 0.29) is 27.9 Å². The zero-order valence-electron chi connectivity index (χ0n) is 18.7. The van der Waals surface area contributed by atoms with Crippen LogP contribution in [0.1, 0.15) is 29.7 Å². The number of piperidine rings is 1. The molecule has 1 aliphatic rings. The molecule has 1 aromatic carbocycles. The van der Waals surface area contributed by atoms with Gasteiger partial charge in [0.15, 0.2) is 0 Å². The first kappa shape index (κ1) is 24.4. The quantitative estimate of drug-likeness (QED) is 0.516. The zero-order chi connectivity index (χ0) is 25.5. The summed E-state index contributed by atoms with van der Waals surface area (Å²) in [6, 6.07) is 6.36. The number of benzene rings is 1. The minimum absolute atomic E-state index is 0.0103. The molecule has 35 heavy (non-hydrogen) atoms. The number of nitrogen functional groups attached to an aromatic ring is 1. The van der Waals surface area contributed by atoms with E-state index in [2.05, 4.69) is 27.6 Å². The average molecular weight is 501 g/mol. The number of aryl methyl sites for hydroxylation is 1. The standard InChI is InChI=1S/C24H20ClF3N6O/c1-3-19(35)34-6-4-23(11-29,5-7-34)22-15-9-16(25)14(10-17(15)31-12-32-22)21-20(24(26,27)28)13(2)8-18(30)33-21/h3,8-10,12H,1,4-7H2,2H3,(H2,30,33). The Morgan fingerprint density at radius 1 is 1.29 bits per heavy atom. The summed E-state index contributed by atoms with van der Waals surface area (Å²) < 4.78 is 41.6. The van der Waals surface area contributed by atoms with Crippen LogP contribution in [0.5, 0.6) is 0 Å². The Balaban J connectivity index is 1.87. The number of nitrogens with zero attached hydrogens (tertiary/aromatic N) is 5. The number of carbonyl (C=O) groups excluding carboxylic acids is 1. The number of nitrogens with two attached hydrogens (primary N) is 1. The van der Waals surface area contributed by atoms with E-state index >= 15 is 0 Å². The van der Waals surface area contributed by atoms with Crippen LogP contribution in [0.25, 0.3) is 22.2 Å². The Morgan fingerprint density at radius 3 is 2.57 bits per heavy atom. The number of amides is 1. The number of hydrogen-bond donors (Lipinski definition) is 1. The first-order chi connectivity index (χ1) is 16.5. The Bertz CT molecular complexity index is 1390. The van der Waals surface area contributed by atoms with Crippen LogP contribution < -0.4 is 5.73 Å². The number of halogens is 4. The summed E-state index contributed by atoms with van der Waals surface area (Å²) in [7, 11) is 0. The molecule has 7 nitrogen and oxygen atoms in total. The number of fused-ring (bicyclic) bond motifs is 1. The van der Waals surface area contributed by atoms with Crippen molar-refractivity contribution in [3.8, 4) is 17.3 Å². The predicted octanol–water partition coefficient (Wildman–Crippen LogP) is 4.82. The number of anilines is 1. The van der Waals surface area contributed by atoms with E-state index in [1.165, 1.54) is 31.5 Å². The second-order valence-corrected chi connectivity index (χ2v) is 8.79. The van der Waals surface area contributed by atoms with Crippen molar-refractivity contribution in [2.75, 3.05) is 18.8 Å². The maximum absolute atomic E-state index is 13.9. The summed E-state index contributed by atoms with van der Waals surface area (Å²) in [5.41, 5.74) is 4.06. The highest BCUT2D eigenvalue weighted by Gasteiger charge is 2.41. The van der Waals surface area contributed by atoms with Crippen molar-refractivity contribution in [1.29, 1.82) is 5.26 Å². The maximum atomic E-state index is 13.9. The molecule has 4 rings (SSSR count). The number of carbonyl (C=O) groups is 1. The van der Waals surface area contributed by atoms with Crippen LogP contribution in [-0.4, -0.2) is 38.8 Å². The van der Waals surface area contributed by atoms with Gasteiger partial charge in [-0.15, -0.1) is 0 Å². The number of nitriles is 1. The van der Waals surface area contributed by atoms with Gasteiger partial charge in [0, 0.05) is 24.0 Å². The predicted molar refractivity (Wildman–Crippen MR) is 125 cm³/mol. The minimum atomic E-state index is -4.68. The molecule has 1 fully saturated rings. The van der Waals surface area contributed by atoms with Crippen LogP contribution in [0.15, 0.2) is 37.2 Å². The molecule has 0 atom stereocenters. The molecule has 0 saturated carbocycles. The van der Waals surface area contributed by atoms with Gasteiger partial charge in [0.25, 0.3) is 0 Å². The van der Waals surface area contributed by atoms with E-state index in [1.807, 2.05) is 0 Å². The molecule has 3 aromatic rings. The van der Waals surface area contributed by atoms with E-state index in [9.17, 15) is 23.2 Å². The monoisotopic (exact) mass is 500 g/mol. The lowest BCUT2D eigenvalue weighted by atomic mass is 9.75. The van der Waals surface area contributed by atoms with Crippen molar-refractivity contribution in [1.82, 2.24) is 19.9 Å². The highest BCUT2D eigenvalue weighted by Crippen LogP contribution is 2.43. The Kier molecular flexibility index (Phi) is 6.15. The van der Waals surface area contributed by atoms with Crippen molar-refractivity contribution >= 4 is 34.2 Å². The molecule has 0 bridgehead atoms. The Labute approximate surface area is 204 Å². The fourth-order valence-electron chi connectivity index (χ4n) is 4.53. The largest absolute Gasteiger partial charge is 0.418 e. The molecule has 1 saturated heterocycles. The highest BCUT2D eigenvalue weighted by molar-refractivity contribution is 6.34.